The van der Waals surface area contributed by atoms with Gasteiger partial charge in [0.25, 0.3) is 15.7 Å². The monoisotopic (exact) mass is 362 g/mol. The van der Waals surface area contributed by atoms with Crippen LogP contribution in [0.15, 0.2) is 47.4 Å². The molecule has 7 nitrogen and oxygen atoms in total. The largest absolute Gasteiger partial charge is 0.491 e. The highest BCUT2D eigenvalue weighted by atomic mass is 32.2. The Labute approximate surface area is 146 Å². The first-order chi connectivity index (χ1) is 11.8. The molecule has 0 atom stereocenters. The first-order valence-corrected chi connectivity index (χ1v) is 9.30. The van der Waals surface area contributed by atoms with Gasteiger partial charge < -0.3 is 4.74 Å². The van der Waals surface area contributed by atoms with E-state index in [2.05, 4.69) is 0 Å². The van der Waals surface area contributed by atoms with E-state index in [0.717, 1.165) is 5.56 Å². The minimum absolute atomic E-state index is 0.00605. The van der Waals surface area contributed by atoms with Crippen LogP contribution >= 0.6 is 0 Å². The van der Waals surface area contributed by atoms with Crippen LogP contribution in [0, 0.1) is 10.1 Å². The molecule has 0 bridgehead atoms. The summed E-state index contributed by atoms with van der Waals surface area (Å²) in [4.78, 5) is 10.6. The number of hydrogen-bond acceptors (Lipinski definition) is 5. The smallest absolute Gasteiger partial charge is 0.271 e. The molecule has 1 heterocycles. The topological polar surface area (TPSA) is 89.8 Å². The first kappa shape index (κ1) is 17.2. The van der Waals surface area contributed by atoms with Crippen LogP contribution in [-0.4, -0.2) is 26.0 Å². The minimum Gasteiger partial charge on any atom is -0.491 e. The van der Waals surface area contributed by atoms with Gasteiger partial charge in [-0.2, -0.15) is 0 Å². The zero-order valence-corrected chi connectivity index (χ0v) is 14.7. The molecule has 0 amide bonds. The Morgan fingerprint density at radius 3 is 2.44 bits per heavy atom. The SMILES string of the molecule is CC(C)Oc1ccc(S(=O)(=O)N2CCc3ccc([N+](=O)[O-])cc32)cc1. The lowest BCUT2D eigenvalue weighted by molar-refractivity contribution is -0.384. The Morgan fingerprint density at radius 2 is 1.84 bits per heavy atom. The molecule has 2 aromatic carbocycles. The molecule has 1 aliphatic heterocycles. The third-order valence-corrected chi connectivity index (χ3v) is 5.74. The van der Waals surface area contributed by atoms with Gasteiger partial charge in [0.05, 0.1) is 21.6 Å². The average molecular weight is 362 g/mol. The van der Waals surface area contributed by atoms with E-state index in [1.165, 1.54) is 28.6 Å². The number of benzene rings is 2. The van der Waals surface area contributed by atoms with Crippen molar-refractivity contribution >= 4 is 21.4 Å². The van der Waals surface area contributed by atoms with Gasteiger partial charge in [0, 0.05) is 18.7 Å². The predicted molar refractivity (Wildman–Crippen MR) is 93.5 cm³/mol. The number of fused-ring (bicyclic) bond motifs is 1. The van der Waals surface area contributed by atoms with Crippen molar-refractivity contribution in [2.75, 3.05) is 10.8 Å². The van der Waals surface area contributed by atoms with E-state index in [0.29, 0.717) is 17.9 Å². The van der Waals surface area contributed by atoms with Gasteiger partial charge in [-0.1, -0.05) is 6.07 Å². The van der Waals surface area contributed by atoms with Crippen molar-refractivity contribution in [3.8, 4) is 5.75 Å². The molecule has 0 spiro atoms. The molecule has 0 unspecified atom stereocenters. The van der Waals surface area contributed by atoms with E-state index in [-0.39, 0.29) is 23.2 Å². The van der Waals surface area contributed by atoms with Crippen molar-refractivity contribution in [3.63, 3.8) is 0 Å². The van der Waals surface area contributed by atoms with Crippen LogP contribution in [0.5, 0.6) is 5.75 Å². The highest BCUT2D eigenvalue weighted by Gasteiger charge is 2.32. The molecule has 0 aromatic heterocycles. The maximum atomic E-state index is 12.9. The fraction of sp³-hybridized carbons (Fsp3) is 0.294. The lowest BCUT2D eigenvalue weighted by Gasteiger charge is -2.19. The van der Waals surface area contributed by atoms with Crippen LogP contribution in [0.3, 0.4) is 0 Å². The van der Waals surface area contributed by atoms with Crippen molar-refractivity contribution in [1.29, 1.82) is 0 Å². The molecule has 3 rings (SSSR count). The minimum atomic E-state index is -3.78. The first-order valence-electron chi connectivity index (χ1n) is 7.86. The summed E-state index contributed by atoms with van der Waals surface area (Å²) in [6.07, 6.45) is 0.523. The number of rotatable bonds is 5. The number of non-ortho nitro benzene ring substituents is 1. The second-order valence-electron chi connectivity index (χ2n) is 6.04. The molecule has 0 saturated carbocycles. The van der Waals surface area contributed by atoms with Gasteiger partial charge in [-0.25, -0.2) is 8.42 Å². The van der Waals surface area contributed by atoms with Crippen LogP contribution in [0.1, 0.15) is 19.4 Å². The molecular weight excluding hydrogens is 344 g/mol. The second-order valence-corrected chi connectivity index (χ2v) is 7.90. The van der Waals surface area contributed by atoms with Gasteiger partial charge >= 0.3 is 0 Å². The van der Waals surface area contributed by atoms with Crippen molar-refractivity contribution in [1.82, 2.24) is 0 Å². The van der Waals surface area contributed by atoms with Crippen LogP contribution in [0.25, 0.3) is 0 Å². The summed E-state index contributed by atoms with van der Waals surface area (Å²) in [5.41, 5.74) is 1.03. The van der Waals surface area contributed by atoms with Crippen LogP contribution < -0.4 is 9.04 Å². The Morgan fingerprint density at radius 1 is 1.16 bits per heavy atom. The Bertz CT molecular complexity index is 907. The fourth-order valence-corrected chi connectivity index (χ4v) is 4.29. The van der Waals surface area contributed by atoms with Crippen molar-refractivity contribution in [3.05, 3.63) is 58.1 Å². The number of nitro benzene ring substituents is 1. The molecule has 132 valence electrons. The summed E-state index contributed by atoms with van der Waals surface area (Å²) in [5, 5.41) is 11.0. The van der Waals surface area contributed by atoms with Crippen molar-refractivity contribution in [2.45, 2.75) is 31.3 Å². The second kappa shape index (κ2) is 6.36. The molecule has 0 saturated heterocycles. The van der Waals surface area contributed by atoms with E-state index in [1.807, 2.05) is 13.8 Å². The fourth-order valence-electron chi connectivity index (χ4n) is 2.79. The Kier molecular flexibility index (Phi) is 4.38. The number of nitrogens with zero attached hydrogens (tertiary/aromatic N) is 2. The number of anilines is 1. The maximum absolute atomic E-state index is 12.9. The lowest BCUT2D eigenvalue weighted by Crippen LogP contribution is -2.29. The normalized spacial score (nSPS) is 13.8. The van der Waals surface area contributed by atoms with Gasteiger partial charge in [-0.15, -0.1) is 0 Å². The van der Waals surface area contributed by atoms with E-state index in [1.54, 1.807) is 18.2 Å². The lowest BCUT2D eigenvalue weighted by atomic mass is 10.1. The Balaban J connectivity index is 1.95. The highest BCUT2D eigenvalue weighted by Crippen LogP contribution is 2.35. The Hall–Kier alpha value is -2.61. The summed E-state index contributed by atoms with van der Waals surface area (Å²) < 4.78 is 32.6. The summed E-state index contributed by atoms with van der Waals surface area (Å²) in [6.45, 7) is 4.04. The molecule has 2 aromatic rings. The van der Waals surface area contributed by atoms with Gasteiger partial charge in [-0.3, -0.25) is 14.4 Å². The van der Waals surface area contributed by atoms with Crippen LogP contribution in [0.2, 0.25) is 0 Å². The summed E-state index contributed by atoms with van der Waals surface area (Å²) in [5.74, 6) is 0.589. The quantitative estimate of drug-likeness (QED) is 0.602. The van der Waals surface area contributed by atoms with Crippen LogP contribution in [-0.2, 0) is 16.4 Å². The van der Waals surface area contributed by atoms with Crippen molar-refractivity contribution in [2.24, 2.45) is 0 Å². The van der Waals surface area contributed by atoms with E-state index < -0.39 is 14.9 Å². The molecular formula is C17H18N2O5S. The van der Waals surface area contributed by atoms with Gasteiger partial charge in [0.2, 0.25) is 0 Å². The zero-order valence-electron chi connectivity index (χ0n) is 13.9. The number of ether oxygens (including phenoxy) is 1. The standard InChI is InChI=1S/C17H18N2O5S/c1-12(2)24-15-5-7-16(8-6-15)25(22,23)18-10-9-13-3-4-14(19(20)21)11-17(13)18/h3-8,11-12H,9-10H2,1-2H3. The average Bonchev–Trinajstić information content (AvgIpc) is 2.98. The zero-order chi connectivity index (χ0) is 18.2. The highest BCUT2D eigenvalue weighted by molar-refractivity contribution is 7.92. The summed E-state index contributed by atoms with van der Waals surface area (Å²) in [7, 11) is -3.78. The maximum Gasteiger partial charge on any atom is 0.271 e. The van der Waals surface area contributed by atoms with Gasteiger partial charge in [-0.05, 0) is 50.1 Å². The number of sulfonamides is 1. The van der Waals surface area contributed by atoms with Crippen LogP contribution in [0.4, 0.5) is 11.4 Å². The van der Waals surface area contributed by atoms with E-state index in [4.69, 9.17) is 4.74 Å². The third-order valence-electron chi connectivity index (χ3n) is 3.92. The molecule has 0 aliphatic carbocycles. The summed E-state index contributed by atoms with van der Waals surface area (Å²) in [6, 6.07) is 10.5. The number of hydrogen-bond donors (Lipinski definition) is 0. The summed E-state index contributed by atoms with van der Waals surface area (Å²) >= 11 is 0. The molecule has 0 fully saturated rings. The molecule has 8 heteroatoms. The molecule has 0 N–H and O–H groups in total. The predicted octanol–water partition coefficient (Wildman–Crippen LogP) is 3.13. The molecule has 1 aliphatic rings. The third kappa shape index (κ3) is 3.30. The van der Waals surface area contributed by atoms with Gasteiger partial charge in [0.1, 0.15) is 5.75 Å². The van der Waals surface area contributed by atoms with E-state index >= 15 is 0 Å². The molecule has 0 radical (unpaired) electrons. The van der Waals surface area contributed by atoms with Gasteiger partial charge in [0.15, 0.2) is 0 Å². The molecule has 25 heavy (non-hydrogen) atoms. The number of nitro groups is 1. The van der Waals surface area contributed by atoms with Crippen molar-refractivity contribution < 1.29 is 18.1 Å². The van der Waals surface area contributed by atoms with E-state index in [9.17, 15) is 18.5 Å².